The number of aliphatic carboxylic acids is 3. The van der Waals surface area contributed by atoms with Gasteiger partial charge in [0, 0.05) is 0 Å². The topological polar surface area (TPSA) is 184 Å². The van der Waals surface area contributed by atoms with Crippen LogP contribution < -0.4 is 5.26 Å². The Labute approximate surface area is 87.2 Å². The normalized spacial score (nSPS) is 9.56. The van der Waals surface area contributed by atoms with Gasteiger partial charge in [0.2, 0.25) is 0 Å². The van der Waals surface area contributed by atoms with Crippen LogP contribution in [0, 0.1) is 9.71 Å². The van der Waals surface area contributed by atoms with Crippen molar-refractivity contribution in [2.45, 2.75) is 18.4 Å². The van der Waals surface area contributed by atoms with Gasteiger partial charge in [0.15, 0.2) is 10.3 Å². The minimum Gasteiger partial charge on any atom is -0.481 e. The Hall–Kier alpha value is -2.23. The average molecular weight is 240 g/mol. The smallest absolute Gasteiger partial charge is 0.336 e. The molecule has 0 aliphatic heterocycles. The predicted molar refractivity (Wildman–Crippen MR) is 43.8 cm³/mol. The molecule has 0 radical (unpaired) electrons. The van der Waals surface area contributed by atoms with E-state index in [1.807, 2.05) is 0 Å². The second-order valence-corrected chi connectivity index (χ2v) is 2.55. The number of carboxylic acid groups (broad SMARTS) is 3. The van der Waals surface area contributed by atoms with E-state index in [-0.39, 0.29) is 0 Å². The summed E-state index contributed by atoms with van der Waals surface area (Å²) in [6.45, 7) is 0. The molecular weight excluding hydrogens is 232 g/mol. The number of carboxylic acids is 3. The molecule has 0 unspecified atom stereocenters. The van der Waals surface area contributed by atoms with E-state index < -0.39 is 36.4 Å². The quantitative estimate of drug-likeness (QED) is 0.231. The molecule has 92 valence electrons. The fraction of sp³-hybridized carbons (Fsp3) is 0.500. The van der Waals surface area contributed by atoms with E-state index in [0.717, 1.165) is 0 Å². The Morgan fingerprint density at radius 2 is 1.31 bits per heavy atom. The van der Waals surface area contributed by atoms with Crippen molar-refractivity contribution in [3.8, 4) is 0 Å². The molecule has 0 heterocycles. The molecule has 0 bridgehead atoms. The molecule has 4 N–H and O–H groups in total. The van der Waals surface area contributed by atoms with E-state index in [0.29, 0.717) is 0 Å². The molecule has 10 heteroatoms. The van der Waals surface area contributed by atoms with Gasteiger partial charge >= 0.3 is 17.9 Å². The predicted octanol–water partition coefficient (Wildman–Crippen LogP) is -2.37. The Bertz CT molecular complexity index is 265. The summed E-state index contributed by atoms with van der Waals surface area (Å²) >= 11 is 0. The van der Waals surface area contributed by atoms with Crippen LogP contribution in [0.3, 0.4) is 0 Å². The molecule has 16 heavy (non-hydrogen) atoms. The number of carbonyl (C=O) groups is 3. The van der Waals surface area contributed by atoms with Crippen molar-refractivity contribution in [1.82, 2.24) is 0 Å². The molecule has 0 atom stereocenters. The van der Waals surface area contributed by atoms with E-state index in [1.54, 1.807) is 4.75 Å². The summed E-state index contributed by atoms with van der Waals surface area (Å²) < 4.78 is 1.75. The van der Waals surface area contributed by atoms with Crippen LogP contribution in [0.2, 0.25) is 0 Å². The second kappa shape index (κ2) is 7.11. The zero-order valence-electron chi connectivity index (χ0n) is 7.65. The third kappa shape index (κ3) is 7.20. The van der Waals surface area contributed by atoms with Gasteiger partial charge in [-0.15, -0.1) is 0 Å². The fourth-order valence-electron chi connectivity index (χ4n) is 0.714. The third-order valence-corrected chi connectivity index (χ3v) is 1.29. The molecule has 0 saturated carbocycles. The van der Waals surface area contributed by atoms with Crippen LogP contribution in [0.25, 0.3) is 0 Å². The van der Waals surface area contributed by atoms with Gasteiger partial charge in [0.25, 0.3) is 0 Å². The van der Waals surface area contributed by atoms with Crippen LogP contribution in [-0.4, -0.2) is 43.9 Å². The zero-order valence-corrected chi connectivity index (χ0v) is 7.65. The lowest BCUT2D eigenvalue weighted by Crippen LogP contribution is -2.42. The molecule has 0 spiro atoms. The van der Waals surface area contributed by atoms with Gasteiger partial charge < -0.3 is 20.4 Å². The van der Waals surface area contributed by atoms with Crippen LogP contribution in [0.5, 0.6) is 0 Å². The molecule has 10 nitrogen and oxygen atoms in total. The summed E-state index contributed by atoms with van der Waals surface area (Å²) in [5.41, 5.74) is -2.74. The van der Waals surface area contributed by atoms with Gasteiger partial charge in [-0.3, -0.25) is 9.59 Å². The van der Waals surface area contributed by atoms with Crippen LogP contribution in [0.4, 0.5) is 0 Å². The van der Waals surface area contributed by atoms with Crippen molar-refractivity contribution in [3.63, 3.8) is 0 Å². The first-order chi connectivity index (χ1) is 7.19. The van der Waals surface area contributed by atoms with Gasteiger partial charge in [0.05, 0.1) is 12.8 Å². The van der Waals surface area contributed by atoms with Crippen LogP contribution >= 0.6 is 0 Å². The molecule has 0 aromatic rings. The lowest BCUT2D eigenvalue weighted by molar-refractivity contribution is -0.284. The van der Waals surface area contributed by atoms with E-state index >= 15 is 0 Å². The molecule has 0 saturated heterocycles. The SMILES string of the molecule is O=C(O)CC(O)(CC(=O)O)C(=O)O.O=[O+][O-]. The van der Waals surface area contributed by atoms with Crippen LogP contribution in [0.15, 0.2) is 0 Å². The third-order valence-electron chi connectivity index (χ3n) is 1.29. The minimum atomic E-state index is -2.74. The summed E-state index contributed by atoms with van der Waals surface area (Å²) in [7, 11) is 0. The fourth-order valence-corrected chi connectivity index (χ4v) is 0.714. The molecule has 0 rings (SSSR count). The Morgan fingerprint density at radius 3 is 1.44 bits per heavy atom. The number of aliphatic hydroxyl groups is 1. The Balaban J connectivity index is 0. The van der Waals surface area contributed by atoms with Gasteiger partial charge in [-0.1, -0.05) is 10.2 Å². The highest BCUT2D eigenvalue weighted by Gasteiger charge is 2.40. The largest absolute Gasteiger partial charge is 0.481 e. The average Bonchev–Trinajstić information content (AvgIpc) is 2.01. The number of rotatable bonds is 5. The van der Waals surface area contributed by atoms with E-state index in [4.69, 9.17) is 30.6 Å². The first kappa shape index (κ1) is 16.2. The van der Waals surface area contributed by atoms with Crippen molar-refractivity contribution in [2.24, 2.45) is 0 Å². The molecule has 0 aliphatic carbocycles. The highest BCUT2D eigenvalue weighted by atomic mass is 17.2. The first-order valence-corrected chi connectivity index (χ1v) is 3.50. The molecule has 0 aliphatic rings. The molecule has 0 aromatic carbocycles. The molecule has 0 amide bonds. The van der Waals surface area contributed by atoms with E-state index in [9.17, 15) is 14.4 Å². The van der Waals surface area contributed by atoms with Gasteiger partial charge in [-0.05, 0) is 0 Å². The minimum absolute atomic E-state index is 1.14. The maximum atomic E-state index is 10.3. The second-order valence-electron chi connectivity index (χ2n) is 2.55. The lowest BCUT2D eigenvalue weighted by atomic mass is 9.96. The number of hydrogen-bond acceptors (Lipinski definition) is 6. The van der Waals surface area contributed by atoms with Crippen molar-refractivity contribution in [2.75, 3.05) is 0 Å². The van der Waals surface area contributed by atoms with Gasteiger partial charge in [-0.2, -0.15) is 0 Å². The Morgan fingerprint density at radius 1 is 1.06 bits per heavy atom. The summed E-state index contributed by atoms with van der Waals surface area (Å²) in [5, 5.41) is 41.7. The monoisotopic (exact) mass is 240 g/mol. The van der Waals surface area contributed by atoms with Crippen molar-refractivity contribution in [3.05, 3.63) is 9.71 Å². The summed E-state index contributed by atoms with van der Waals surface area (Å²) in [6, 6.07) is 0. The van der Waals surface area contributed by atoms with Crippen LogP contribution in [0.1, 0.15) is 12.8 Å². The number of hydrogen-bond donors (Lipinski definition) is 4. The maximum absolute atomic E-state index is 10.3. The molecule has 0 aromatic heterocycles. The summed E-state index contributed by atoms with van der Waals surface area (Å²) in [6.07, 6.45) is -2.29. The summed E-state index contributed by atoms with van der Waals surface area (Å²) in [4.78, 5) is 38.4. The summed E-state index contributed by atoms with van der Waals surface area (Å²) in [5.74, 6) is -5.02. The first-order valence-electron chi connectivity index (χ1n) is 3.50. The maximum Gasteiger partial charge on any atom is 0.336 e. The van der Waals surface area contributed by atoms with Crippen molar-refractivity contribution < 1.29 is 40.1 Å². The molecule has 0 fully saturated rings. The lowest BCUT2D eigenvalue weighted by Gasteiger charge is -2.18. The standard InChI is InChI=1S/C6H8O7.O3/c7-3(8)1-6(13,5(11)12)2-4(9)10;1-3-2/h13H,1-2H2,(H,7,8)(H,9,10)(H,11,12);. The Kier molecular flexibility index (Phi) is 7.21. The zero-order chi connectivity index (χ0) is 13.4. The van der Waals surface area contributed by atoms with Crippen molar-refractivity contribution in [1.29, 1.82) is 0 Å². The van der Waals surface area contributed by atoms with Crippen LogP contribution in [-0.2, 0) is 14.4 Å². The van der Waals surface area contributed by atoms with Gasteiger partial charge in [-0.25, -0.2) is 4.79 Å². The van der Waals surface area contributed by atoms with E-state index in [2.05, 4.69) is 0 Å². The highest BCUT2D eigenvalue weighted by molar-refractivity contribution is 5.88. The molecular formula is C6H8O10. The van der Waals surface area contributed by atoms with Crippen molar-refractivity contribution >= 4 is 17.9 Å². The van der Waals surface area contributed by atoms with Gasteiger partial charge in [0.1, 0.15) is 0 Å². The van der Waals surface area contributed by atoms with E-state index in [1.165, 1.54) is 0 Å². The highest BCUT2D eigenvalue weighted by Crippen LogP contribution is 2.15.